The Labute approximate surface area is 213 Å². The Balaban J connectivity index is 1.40. The van der Waals surface area contributed by atoms with E-state index in [1.807, 2.05) is 38.1 Å². The third kappa shape index (κ3) is 4.63. The van der Waals surface area contributed by atoms with Crippen molar-refractivity contribution in [2.45, 2.75) is 32.9 Å². The van der Waals surface area contributed by atoms with Crippen LogP contribution in [0.3, 0.4) is 0 Å². The van der Waals surface area contributed by atoms with Gasteiger partial charge in [-0.25, -0.2) is 0 Å². The number of fused-ring (bicyclic) bond motifs is 1. The Kier molecular flexibility index (Phi) is 6.49. The number of hydrazone groups is 1. The molecule has 0 bridgehead atoms. The third-order valence-corrected chi connectivity index (χ3v) is 8.13. The predicted octanol–water partition coefficient (Wildman–Crippen LogP) is 6.17. The van der Waals surface area contributed by atoms with E-state index in [4.69, 9.17) is 5.41 Å². The Morgan fingerprint density at radius 2 is 1.80 bits per heavy atom. The van der Waals surface area contributed by atoms with Crippen LogP contribution < -0.4 is 0 Å². The van der Waals surface area contributed by atoms with Crippen molar-refractivity contribution in [3.8, 4) is 5.69 Å². The molecule has 5 rings (SSSR count). The van der Waals surface area contributed by atoms with Crippen LogP contribution in [0.15, 0.2) is 76.3 Å². The summed E-state index contributed by atoms with van der Waals surface area (Å²) < 4.78 is 2.94. The van der Waals surface area contributed by atoms with Crippen molar-refractivity contribution in [2.24, 2.45) is 10.1 Å². The maximum atomic E-state index is 12.9. The summed E-state index contributed by atoms with van der Waals surface area (Å²) in [5.41, 5.74) is 6.77. The lowest BCUT2D eigenvalue weighted by Gasteiger charge is -2.20. The molecule has 8 heteroatoms. The first-order valence-corrected chi connectivity index (χ1v) is 13.2. The summed E-state index contributed by atoms with van der Waals surface area (Å²) in [5.74, 6) is 0.415. The molecule has 0 unspecified atom stereocenters. The van der Waals surface area contributed by atoms with Crippen LogP contribution in [0.25, 0.3) is 11.8 Å². The zero-order valence-corrected chi connectivity index (χ0v) is 21.4. The van der Waals surface area contributed by atoms with Crippen LogP contribution in [0.5, 0.6) is 0 Å². The minimum absolute atomic E-state index is 0.0555. The first-order valence-electron chi connectivity index (χ1n) is 11.4. The van der Waals surface area contributed by atoms with Crippen LogP contribution in [-0.2, 0) is 17.0 Å². The molecule has 3 heterocycles. The smallest absolute Gasteiger partial charge is 0.283 e. The van der Waals surface area contributed by atoms with Gasteiger partial charge in [-0.2, -0.15) is 10.0 Å². The minimum atomic E-state index is -0.407. The summed E-state index contributed by atoms with van der Waals surface area (Å²) in [5, 5.41) is 15.2. The van der Waals surface area contributed by atoms with Crippen LogP contribution in [-0.4, -0.2) is 30.9 Å². The number of carbonyl (C=O) groups excluding carboxylic acids is 1. The lowest BCUT2D eigenvalue weighted by molar-refractivity contribution is -0.114. The van der Waals surface area contributed by atoms with Gasteiger partial charge in [0.25, 0.3) is 5.91 Å². The molecule has 2 aliphatic rings. The Morgan fingerprint density at radius 1 is 1.06 bits per heavy atom. The molecule has 6 nitrogen and oxygen atoms in total. The number of hydrogen-bond acceptors (Lipinski definition) is 5. The van der Waals surface area contributed by atoms with Gasteiger partial charge in [0.05, 0.1) is 5.57 Å². The second-order valence-corrected chi connectivity index (χ2v) is 10.5. The van der Waals surface area contributed by atoms with Crippen LogP contribution in [0.2, 0.25) is 0 Å². The predicted molar refractivity (Wildman–Crippen MR) is 147 cm³/mol. The van der Waals surface area contributed by atoms with E-state index < -0.39 is 5.91 Å². The van der Waals surface area contributed by atoms with Crippen molar-refractivity contribution < 1.29 is 4.79 Å². The van der Waals surface area contributed by atoms with Gasteiger partial charge in [-0.15, -0.1) is 5.10 Å². The highest BCUT2D eigenvalue weighted by molar-refractivity contribution is 8.45. The van der Waals surface area contributed by atoms with E-state index in [1.54, 1.807) is 17.8 Å². The normalized spacial score (nSPS) is 16.5. The summed E-state index contributed by atoms with van der Waals surface area (Å²) in [7, 11) is 0. The molecule has 1 aromatic heterocycles. The first-order chi connectivity index (χ1) is 16.9. The number of amidine groups is 2. The fourth-order valence-corrected chi connectivity index (χ4v) is 6.00. The topological polar surface area (TPSA) is 73.8 Å². The van der Waals surface area contributed by atoms with Crippen LogP contribution in [0.4, 0.5) is 0 Å². The molecule has 0 radical (unpaired) electrons. The molecular formula is C27H25N5OS2. The quantitative estimate of drug-likeness (QED) is 0.426. The molecule has 1 N–H and O–H groups in total. The number of aryl methyl sites for hydroxylation is 2. The van der Waals surface area contributed by atoms with E-state index >= 15 is 0 Å². The molecule has 0 aliphatic carbocycles. The van der Waals surface area contributed by atoms with E-state index in [0.717, 1.165) is 39.2 Å². The van der Waals surface area contributed by atoms with Gasteiger partial charge in [0, 0.05) is 22.8 Å². The number of nitrogens with zero attached hydrogens (tertiary/aromatic N) is 4. The van der Waals surface area contributed by atoms with Crippen molar-refractivity contribution in [1.29, 1.82) is 5.41 Å². The van der Waals surface area contributed by atoms with Crippen molar-refractivity contribution in [1.82, 2.24) is 9.58 Å². The summed E-state index contributed by atoms with van der Waals surface area (Å²) in [4.78, 5) is 17.1. The summed E-state index contributed by atoms with van der Waals surface area (Å²) in [6, 6.07) is 20.7. The molecule has 2 aromatic carbocycles. The van der Waals surface area contributed by atoms with Gasteiger partial charge >= 0.3 is 0 Å². The van der Waals surface area contributed by atoms with Crippen molar-refractivity contribution in [3.63, 3.8) is 0 Å². The number of nitrogens with one attached hydrogen (secondary N) is 1. The fraction of sp³-hybridized carbons (Fsp3) is 0.185. The number of rotatable bonds is 5. The highest BCUT2D eigenvalue weighted by atomic mass is 32.2. The average molecular weight is 500 g/mol. The van der Waals surface area contributed by atoms with Crippen LogP contribution in [0.1, 0.15) is 35.0 Å². The van der Waals surface area contributed by atoms with Gasteiger partial charge in [-0.3, -0.25) is 10.2 Å². The number of aromatic nitrogens is 1. The Bertz CT molecular complexity index is 1400. The van der Waals surface area contributed by atoms with Gasteiger partial charge in [-0.1, -0.05) is 61.2 Å². The summed E-state index contributed by atoms with van der Waals surface area (Å²) in [6.45, 7) is 6.22. The van der Waals surface area contributed by atoms with Crippen molar-refractivity contribution in [3.05, 3.63) is 94.3 Å². The third-order valence-electron chi connectivity index (χ3n) is 6.01. The van der Waals surface area contributed by atoms with Gasteiger partial charge in [0.15, 0.2) is 10.2 Å². The van der Waals surface area contributed by atoms with Crippen LogP contribution in [0, 0.1) is 19.3 Å². The molecule has 0 saturated carbocycles. The standard InChI is InChI=1S/C27H25N5OS2/c1-4-19-10-12-22(13-11-19)31-17(2)14-21(18(31)3)15-23-24(28)32-26(29-25(23)33)35-27(30-32)34-16-20-8-6-5-7-9-20/h5-15,28H,4,16H2,1-3H3/b23-15-,28-24?. The molecule has 0 spiro atoms. The number of amides is 1. The van der Waals surface area contributed by atoms with Gasteiger partial charge in [0.1, 0.15) is 0 Å². The SMILES string of the molecule is CCc1ccc(-n2c(C)cc(/C=C3/C(=N)N4N=C(SCc5ccccc5)SC4=NC3=O)c2C)cc1. The number of aliphatic imine (C=N–C) groups is 1. The van der Waals surface area contributed by atoms with Crippen molar-refractivity contribution in [2.75, 3.05) is 0 Å². The molecule has 1 amide bonds. The molecule has 0 saturated heterocycles. The molecular weight excluding hydrogens is 474 g/mol. The molecule has 2 aliphatic heterocycles. The second-order valence-electron chi connectivity index (χ2n) is 8.34. The molecule has 176 valence electrons. The van der Waals surface area contributed by atoms with E-state index in [1.165, 1.54) is 27.9 Å². The van der Waals surface area contributed by atoms with E-state index in [0.29, 0.717) is 5.17 Å². The van der Waals surface area contributed by atoms with E-state index in [9.17, 15) is 4.79 Å². The monoisotopic (exact) mass is 499 g/mol. The number of hydrogen-bond donors (Lipinski definition) is 1. The number of thioether (sulfide) groups is 2. The van der Waals surface area contributed by atoms with Gasteiger partial charge in [0.2, 0.25) is 5.17 Å². The summed E-state index contributed by atoms with van der Waals surface area (Å²) in [6.07, 6.45) is 2.76. The average Bonchev–Trinajstić information content (AvgIpc) is 3.40. The number of carbonyl (C=O) groups is 1. The second kappa shape index (κ2) is 9.71. The Hall–Kier alpha value is -3.36. The maximum Gasteiger partial charge on any atom is 0.283 e. The lowest BCUT2D eigenvalue weighted by atomic mass is 10.1. The maximum absolute atomic E-state index is 12.9. The summed E-state index contributed by atoms with van der Waals surface area (Å²) >= 11 is 2.91. The van der Waals surface area contributed by atoms with E-state index in [-0.39, 0.29) is 11.4 Å². The molecule has 0 atom stereocenters. The fourth-order valence-electron chi connectivity index (χ4n) is 4.12. The number of benzene rings is 2. The zero-order chi connectivity index (χ0) is 24.5. The highest BCUT2D eigenvalue weighted by Crippen LogP contribution is 2.34. The molecule has 0 fully saturated rings. The minimum Gasteiger partial charge on any atom is -0.318 e. The Morgan fingerprint density at radius 3 is 2.51 bits per heavy atom. The largest absolute Gasteiger partial charge is 0.318 e. The van der Waals surface area contributed by atoms with Gasteiger partial charge in [-0.05, 0) is 73.0 Å². The molecule has 3 aromatic rings. The van der Waals surface area contributed by atoms with E-state index in [2.05, 4.69) is 58.0 Å². The van der Waals surface area contributed by atoms with Crippen molar-refractivity contribution >= 4 is 50.9 Å². The van der Waals surface area contributed by atoms with Crippen LogP contribution >= 0.6 is 23.5 Å². The van der Waals surface area contributed by atoms with Gasteiger partial charge < -0.3 is 4.57 Å². The first kappa shape index (κ1) is 23.4. The highest BCUT2D eigenvalue weighted by Gasteiger charge is 2.36. The molecule has 35 heavy (non-hydrogen) atoms. The lowest BCUT2D eigenvalue weighted by Crippen LogP contribution is -2.35. The zero-order valence-electron chi connectivity index (χ0n) is 19.8.